The zero-order valence-corrected chi connectivity index (χ0v) is 16.4. The van der Waals surface area contributed by atoms with Gasteiger partial charge in [0.25, 0.3) is 11.1 Å². The fraction of sp³-hybridized carbons (Fsp3) is 0.273. The van der Waals surface area contributed by atoms with Crippen LogP contribution in [-0.2, 0) is 16.8 Å². The van der Waals surface area contributed by atoms with Crippen LogP contribution in [0.1, 0.15) is 43.0 Å². The fourth-order valence-corrected chi connectivity index (χ4v) is 3.70. The molecule has 3 nitrogen and oxygen atoms in total. The molecule has 0 aromatic heterocycles. The Morgan fingerprint density at radius 2 is 1.73 bits per heavy atom. The maximum Gasteiger partial charge on any atom is 0.293 e. The Labute approximate surface area is 159 Å². The minimum atomic E-state index is -0.221. The molecule has 26 heavy (non-hydrogen) atoms. The monoisotopic (exact) mass is 365 g/mol. The first kappa shape index (κ1) is 18.5. The van der Waals surface area contributed by atoms with Gasteiger partial charge in [0.05, 0.1) is 11.4 Å². The van der Waals surface area contributed by atoms with E-state index >= 15 is 0 Å². The highest BCUT2D eigenvalue weighted by Crippen LogP contribution is 2.33. The second-order valence-electron chi connectivity index (χ2n) is 7.63. The van der Waals surface area contributed by atoms with Crippen molar-refractivity contribution in [3.8, 4) is 0 Å². The van der Waals surface area contributed by atoms with Gasteiger partial charge < -0.3 is 0 Å². The number of thioether (sulfide) groups is 1. The predicted octanol–water partition coefficient (Wildman–Crippen LogP) is 5.53. The third-order valence-corrected chi connectivity index (χ3v) is 5.28. The van der Waals surface area contributed by atoms with Gasteiger partial charge in [-0.25, -0.2) is 0 Å². The number of carbonyl (C=O) groups is 2. The van der Waals surface area contributed by atoms with E-state index in [2.05, 4.69) is 32.9 Å². The van der Waals surface area contributed by atoms with E-state index in [1.165, 1.54) is 10.5 Å². The summed E-state index contributed by atoms with van der Waals surface area (Å²) in [6.07, 6.45) is 1.80. The summed E-state index contributed by atoms with van der Waals surface area (Å²) >= 11 is 1.01. The molecule has 2 aromatic carbocycles. The third kappa shape index (κ3) is 4.07. The Kier molecular flexibility index (Phi) is 5.05. The predicted molar refractivity (Wildman–Crippen MR) is 108 cm³/mol. The number of carbonyl (C=O) groups excluding carboxylic acids is 2. The van der Waals surface area contributed by atoms with Crippen LogP contribution in [0.4, 0.5) is 4.79 Å². The zero-order valence-electron chi connectivity index (χ0n) is 15.6. The number of hydrogen-bond donors (Lipinski definition) is 0. The van der Waals surface area contributed by atoms with E-state index in [-0.39, 0.29) is 16.6 Å². The van der Waals surface area contributed by atoms with Crippen molar-refractivity contribution in [2.45, 2.75) is 39.7 Å². The molecule has 1 aliphatic heterocycles. The van der Waals surface area contributed by atoms with Gasteiger partial charge >= 0.3 is 0 Å². The Balaban J connectivity index is 1.78. The molecule has 0 saturated carbocycles. The molecular formula is C22H23NO2S. The summed E-state index contributed by atoms with van der Waals surface area (Å²) < 4.78 is 0. The van der Waals surface area contributed by atoms with Gasteiger partial charge in [0.2, 0.25) is 0 Å². The van der Waals surface area contributed by atoms with Gasteiger partial charge in [-0.05, 0) is 46.9 Å². The molecule has 0 unspecified atom stereocenters. The van der Waals surface area contributed by atoms with Crippen molar-refractivity contribution in [2.24, 2.45) is 0 Å². The molecule has 1 heterocycles. The molecule has 1 saturated heterocycles. The average molecular weight is 365 g/mol. The van der Waals surface area contributed by atoms with E-state index in [0.717, 1.165) is 28.5 Å². The largest absolute Gasteiger partial charge is 0.293 e. The van der Waals surface area contributed by atoms with Crippen molar-refractivity contribution < 1.29 is 9.59 Å². The molecule has 2 aromatic rings. The first-order chi connectivity index (χ1) is 12.2. The second kappa shape index (κ2) is 7.12. The van der Waals surface area contributed by atoms with Crippen LogP contribution in [0.15, 0.2) is 53.4 Å². The summed E-state index contributed by atoms with van der Waals surface area (Å²) in [6.45, 7) is 8.81. The maximum atomic E-state index is 12.7. The van der Waals surface area contributed by atoms with Crippen LogP contribution < -0.4 is 0 Å². The molecule has 0 atom stereocenters. The number of imide groups is 1. The van der Waals surface area contributed by atoms with Crippen LogP contribution in [0.2, 0.25) is 0 Å². The second-order valence-corrected chi connectivity index (χ2v) is 8.62. The van der Waals surface area contributed by atoms with Crippen LogP contribution in [-0.4, -0.2) is 16.0 Å². The van der Waals surface area contributed by atoms with Crippen molar-refractivity contribution in [1.82, 2.24) is 4.90 Å². The molecule has 2 amide bonds. The van der Waals surface area contributed by atoms with Crippen molar-refractivity contribution in [1.29, 1.82) is 0 Å². The van der Waals surface area contributed by atoms with Crippen molar-refractivity contribution in [3.63, 3.8) is 0 Å². The molecule has 0 radical (unpaired) electrons. The van der Waals surface area contributed by atoms with Crippen molar-refractivity contribution in [3.05, 3.63) is 75.7 Å². The van der Waals surface area contributed by atoms with Gasteiger partial charge in [-0.3, -0.25) is 14.5 Å². The fourth-order valence-electron chi connectivity index (χ4n) is 2.86. The van der Waals surface area contributed by atoms with Gasteiger partial charge in [0.15, 0.2) is 0 Å². The number of benzene rings is 2. The highest BCUT2D eigenvalue weighted by molar-refractivity contribution is 8.18. The summed E-state index contributed by atoms with van der Waals surface area (Å²) in [6, 6.07) is 16.0. The smallest absolute Gasteiger partial charge is 0.268 e. The molecule has 3 rings (SSSR count). The Bertz CT molecular complexity index is 876. The minimum Gasteiger partial charge on any atom is -0.268 e. The van der Waals surface area contributed by atoms with Crippen LogP contribution in [0, 0.1) is 6.92 Å². The van der Waals surface area contributed by atoms with Gasteiger partial charge in [0.1, 0.15) is 0 Å². The van der Waals surface area contributed by atoms with Crippen LogP contribution in [0.5, 0.6) is 0 Å². The van der Waals surface area contributed by atoms with Gasteiger partial charge in [-0.1, -0.05) is 74.9 Å². The summed E-state index contributed by atoms with van der Waals surface area (Å²) in [5.41, 5.74) is 4.33. The number of nitrogens with zero attached hydrogens (tertiary/aromatic N) is 1. The summed E-state index contributed by atoms with van der Waals surface area (Å²) in [4.78, 5) is 26.7. The lowest BCUT2D eigenvalue weighted by Crippen LogP contribution is -2.27. The minimum absolute atomic E-state index is 0.0875. The Morgan fingerprint density at radius 3 is 2.35 bits per heavy atom. The molecule has 0 bridgehead atoms. The first-order valence-corrected chi connectivity index (χ1v) is 9.47. The Morgan fingerprint density at radius 1 is 1.04 bits per heavy atom. The van der Waals surface area contributed by atoms with Gasteiger partial charge in [0, 0.05) is 0 Å². The summed E-state index contributed by atoms with van der Waals surface area (Å²) in [7, 11) is 0. The molecule has 4 heteroatoms. The first-order valence-electron chi connectivity index (χ1n) is 8.65. The normalized spacial score (nSPS) is 16.6. The zero-order chi connectivity index (χ0) is 18.9. The van der Waals surface area contributed by atoms with Crippen LogP contribution >= 0.6 is 11.8 Å². The number of aryl methyl sites for hydroxylation is 1. The molecular weight excluding hydrogens is 342 g/mol. The van der Waals surface area contributed by atoms with Gasteiger partial charge in [-0.15, -0.1) is 0 Å². The standard InChI is InChI=1S/C22H23NO2S/c1-15-6-5-7-17(12-15)14-23-20(24)19(26-21(23)25)13-16-8-10-18(11-9-16)22(2,3)4/h5-13H,14H2,1-4H3/b19-13-. The summed E-state index contributed by atoms with van der Waals surface area (Å²) in [5, 5.41) is -0.214. The van der Waals surface area contributed by atoms with E-state index in [4.69, 9.17) is 0 Å². The molecule has 134 valence electrons. The lowest BCUT2D eigenvalue weighted by atomic mass is 9.87. The topological polar surface area (TPSA) is 37.4 Å². The average Bonchev–Trinajstić information content (AvgIpc) is 2.82. The number of amides is 2. The van der Waals surface area contributed by atoms with E-state index in [1.807, 2.05) is 43.3 Å². The van der Waals surface area contributed by atoms with Gasteiger partial charge in [-0.2, -0.15) is 0 Å². The van der Waals surface area contributed by atoms with E-state index in [1.54, 1.807) is 6.08 Å². The van der Waals surface area contributed by atoms with Crippen LogP contribution in [0.25, 0.3) is 6.08 Å². The van der Waals surface area contributed by atoms with E-state index < -0.39 is 0 Å². The van der Waals surface area contributed by atoms with Crippen molar-refractivity contribution in [2.75, 3.05) is 0 Å². The molecule has 1 aliphatic rings. The number of hydrogen-bond acceptors (Lipinski definition) is 3. The molecule has 0 aliphatic carbocycles. The molecule has 1 fully saturated rings. The van der Waals surface area contributed by atoms with Crippen molar-refractivity contribution >= 4 is 29.0 Å². The molecule has 0 N–H and O–H groups in total. The number of rotatable bonds is 3. The Hall–Kier alpha value is -2.33. The highest BCUT2D eigenvalue weighted by Gasteiger charge is 2.34. The summed E-state index contributed by atoms with van der Waals surface area (Å²) in [5.74, 6) is -0.221. The van der Waals surface area contributed by atoms with Crippen LogP contribution in [0.3, 0.4) is 0 Å². The maximum absolute atomic E-state index is 12.7. The SMILES string of the molecule is Cc1cccc(CN2C(=O)S/C(=C\c3ccc(C(C)(C)C)cc3)C2=O)c1. The third-order valence-electron chi connectivity index (χ3n) is 4.37. The lowest BCUT2D eigenvalue weighted by Gasteiger charge is -2.18. The quantitative estimate of drug-likeness (QED) is 0.671. The molecule has 0 spiro atoms. The lowest BCUT2D eigenvalue weighted by molar-refractivity contribution is -0.123. The highest BCUT2D eigenvalue weighted by atomic mass is 32.2. The van der Waals surface area contributed by atoms with E-state index in [0.29, 0.717) is 11.4 Å². The van der Waals surface area contributed by atoms with E-state index in [9.17, 15) is 9.59 Å².